The Morgan fingerprint density at radius 2 is 1.60 bits per heavy atom. The van der Waals surface area contributed by atoms with Crippen LogP contribution in [0, 0.1) is 6.92 Å². The van der Waals surface area contributed by atoms with Crippen LogP contribution in [-0.4, -0.2) is 15.8 Å². The van der Waals surface area contributed by atoms with Gasteiger partial charge in [-0.15, -0.1) is 0 Å². The lowest BCUT2D eigenvalue weighted by Crippen LogP contribution is -2.22. The maximum Gasteiger partial charge on any atom is 0.227 e. The van der Waals surface area contributed by atoms with Gasteiger partial charge in [0.1, 0.15) is 0 Å². The SMILES string of the molecule is Cc1nc(Nc2ccccc2)nc2c1C(=O)C[C@H](c1ccccc1)C2. The number of hydrogen-bond acceptors (Lipinski definition) is 4. The van der Waals surface area contributed by atoms with Crippen LogP contribution in [0.25, 0.3) is 0 Å². The van der Waals surface area contributed by atoms with Gasteiger partial charge in [0, 0.05) is 12.1 Å². The first kappa shape index (κ1) is 15.5. The van der Waals surface area contributed by atoms with E-state index in [0.29, 0.717) is 17.9 Å². The Kier molecular flexibility index (Phi) is 4.02. The van der Waals surface area contributed by atoms with E-state index in [4.69, 9.17) is 0 Å². The molecule has 0 spiro atoms. The fourth-order valence-electron chi connectivity index (χ4n) is 3.44. The number of Topliss-reactive ketones (excluding diaryl/α,β-unsaturated/α-hetero) is 1. The Balaban J connectivity index is 1.68. The van der Waals surface area contributed by atoms with Gasteiger partial charge in [0.05, 0.1) is 17.0 Å². The van der Waals surface area contributed by atoms with Gasteiger partial charge in [-0.05, 0) is 37.0 Å². The van der Waals surface area contributed by atoms with E-state index in [1.807, 2.05) is 55.5 Å². The van der Waals surface area contributed by atoms with Gasteiger partial charge in [-0.3, -0.25) is 4.79 Å². The monoisotopic (exact) mass is 329 g/mol. The van der Waals surface area contributed by atoms with Gasteiger partial charge < -0.3 is 5.32 Å². The maximum absolute atomic E-state index is 12.7. The molecule has 3 aromatic rings. The number of para-hydroxylation sites is 1. The minimum atomic E-state index is 0.138. The van der Waals surface area contributed by atoms with Crippen LogP contribution < -0.4 is 5.32 Å². The van der Waals surface area contributed by atoms with Crippen LogP contribution >= 0.6 is 0 Å². The van der Waals surface area contributed by atoms with Crippen molar-refractivity contribution in [2.24, 2.45) is 0 Å². The van der Waals surface area contributed by atoms with Crippen molar-refractivity contribution < 1.29 is 4.79 Å². The van der Waals surface area contributed by atoms with Gasteiger partial charge >= 0.3 is 0 Å². The molecule has 0 saturated carbocycles. The zero-order chi connectivity index (χ0) is 17.2. The Labute approximate surface area is 147 Å². The molecular formula is C21H19N3O. The second-order valence-corrected chi connectivity index (χ2v) is 6.38. The molecule has 1 N–H and O–H groups in total. The van der Waals surface area contributed by atoms with Crippen molar-refractivity contribution in [3.8, 4) is 0 Å². The highest BCUT2D eigenvalue weighted by atomic mass is 16.1. The van der Waals surface area contributed by atoms with Crippen LogP contribution in [0.15, 0.2) is 60.7 Å². The summed E-state index contributed by atoms with van der Waals surface area (Å²) in [4.78, 5) is 21.8. The quantitative estimate of drug-likeness (QED) is 0.772. The molecule has 0 aliphatic heterocycles. The third-order valence-corrected chi connectivity index (χ3v) is 4.62. The number of nitrogens with one attached hydrogen (secondary N) is 1. The van der Waals surface area contributed by atoms with Gasteiger partial charge in [-0.25, -0.2) is 9.97 Å². The lowest BCUT2D eigenvalue weighted by Gasteiger charge is -2.24. The second-order valence-electron chi connectivity index (χ2n) is 6.38. The summed E-state index contributed by atoms with van der Waals surface area (Å²) in [6.45, 7) is 1.89. The van der Waals surface area contributed by atoms with E-state index in [0.717, 1.165) is 23.5 Å². The van der Waals surface area contributed by atoms with E-state index in [-0.39, 0.29) is 11.7 Å². The van der Waals surface area contributed by atoms with Gasteiger partial charge in [0.15, 0.2) is 5.78 Å². The van der Waals surface area contributed by atoms with Crippen molar-refractivity contribution in [1.82, 2.24) is 9.97 Å². The molecule has 4 rings (SSSR count). The predicted octanol–water partition coefficient (Wildman–Crippen LogP) is 4.44. The summed E-state index contributed by atoms with van der Waals surface area (Å²) in [6.07, 6.45) is 1.28. The zero-order valence-electron chi connectivity index (χ0n) is 14.1. The highest BCUT2D eigenvalue weighted by molar-refractivity contribution is 5.99. The van der Waals surface area contributed by atoms with Gasteiger partial charge in [0.2, 0.25) is 5.95 Å². The molecule has 1 atom stereocenters. The number of ketones is 1. The fourth-order valence-corrected chi connectivity index (χ4v) is 3.44. The molecule has 1 heterocycles. The molecule has 124 valence electrons. The normalized spacial score (nSPS) is 16.4. The number of anilines is 2. The number of aromatic nitrogens is 2. The summed E-state index contributed by atoms with van der Waals surface area (Å²) >= 11 is 0. The molecule has 0 fully saturated rings. The lowest BCUT2D eigenvalue weighted by atomic mass is 9.81. The molecular weight excluding hydrogens is 310 g/mol. The summed E-state index contributed by atoms with van der Waals surface area (Å²) in [5, 5.41) is 3.23. The van der Waals surface area contributed by atoms with Crippen molar-refractivity contribution in [3.63, 3.8) is 0 Å². The van der Waals surface area contributed by atoms with Crippen molar-refractivity contribution in [1.29, 1.82) is 0 Å². The van der Waals surface area contributed by atoms with Crippen molar-refractivity contribution in [2.75, 3.05) is 5.32 Å². The van der Waals surface area contributed by atoms with E-state index in [2.05, 4.69) is 27.4 Å². The van der Waals surface area contributed by atoms with Crippen LogP contribution in [0.1, 0.15) is 39.6 Å². The Bertz CT molecular complexity index is 907. The molecule has 0 saturated heterocycles. The first-order valence-electron chi connectivity index (χ1n) is 8.48. The topological polar surface area (TPSA) is 54.9 Å². The van der Waals surface area contributed by atoms with Gasteiger partial charge in [-0.2, -0.15) is 0 Å². The van der Waals surface area contributed by atoms with E-state index >= 15 is 0 Å². The van der Waals surface area contributed by atoms with Crippen molar-refractivity contribution in [2.45, 2.75) is 25.7 Å². The molecule has 1 aliphatic rings. The Hall–Kier alpha value is -3.01. The van der Waals surface area contributed by atoms with Crippen LogP contribution in [0.2, 0.25) is 0 Å². The Morgan fingerprint density at radius 3 is 2.32 bits per heavy atom. The van der Waals surface area contributed by atoms with E-state index in [9.17, 15) is 4.79 Å². The fraction of sp³-hybridized carbons (Fsp3) is 0.190. The lowest BCUT2D eigenvalue weighted by molar-refractivity contribution is 0.0962. The first-order chi connectivity index (χ1) is 12.2. The van der Waals surface area contributed by atoms with Gasteiger partial charge in [-0.1, -0.05) is 48.5 Å². The number of aryl methyl sites for hydroxylation is 1. The third kappa shape index (κ3) is 3.15. The first-order valence-corrected chi connectivity index (χ1v) is 8.48. The van der Waals surface area contributed by atoms with Crippen molar-refractivity contribution in [3.05, 3.63) is 83.2 Å². The van der Waals surface area contributed by atoms with E-state index in [1.165, 1.54) is 5.56 Å². The number of carbonyl (C=O) groups is 1. The molecule has 1 aliphatic carbocycles. The number of rotatable bonds is 3. The molecule has 0 unspecified atom stereocenters. The second kappa shape index (κ2) is 6.48. The number of benzene rings is 2. The van der Waals surface area contributed by atoms with E-state index in [1.54, 1.807) is 0 Å². The maximum atomic E-state index is 12.7. The summed E-state index contributed by atoms with van der Waals surface area (Å²) in [6, 6.07) is 20.0. The molecule has 0 amide bonds. The Morgan fingerprint density at radius 1 is 0.920 bits per heavy atom. The van der Waals surface area contributed by atoms with Crippen LogP contribution in [-0.2, 0) is 6.42 Å². The van der Waals surface area contributed by atoms with E-state index < -0.39 is 0 Å². The summed E-state index contributed by atoms with van der Waals surface area (Å²) < 4.78 is 0. The van der Waals surface area contributed by atoms with Gasteiger partial charge in [0.25, 0.3) is 0 Å². The molecule has 4 heteroatoms. The predicted molar refractivity (Wildman–Crippen MR) is 98.3 cm³/mol. The minimum Gasteiger partial charge on any atom is -0.324 e. The van der Waals surface area contributed by atoms with Crippen LogP contribution in [0.5, 0.6) is 0 Å². The van der Waals surface area contributed by atoms with Crippen molar-refractivity contribution >= 4 is 17.4 Å². The summed E-state index contributed by atoms with van der Waals surface area (Å²) in [5.41, 5.74) is 4.42. The average molecular weight is 329 g/mol. The van der Waals surface area contributed by atoms with Crippen LogP contribution in [0.3, 0.4) is 0 Å². The molecule has 0 radical (unpaired) electrons. The highest BCUT2D eigenvalue weighted by Gasteiger charge is 2.29. The average Bonchev–Trinajstić information content (AvgIpc) is 2.62. The third-order valence-electron chi connectivity index (χ3n) is 4.62. The molecule has 25 heavy (non-hydrogen) atoms. The zero-order valence-corrected chi connectivity index (χ0v) is 14.1. The number of nitrogens with zero attached hydrogens (tertiary/aromatic N) is 2. The highest BCUT2D eigenvalue weighted by Crippen LogP contribution is 2.33. The number of carbonyl (C=O) groups excluding carboxylic acids is 1. The molecule has 1 aromatic heterocycles. The number of hydrogen-bond donors (Lipinski definition) is 1. The summed E-state index contributed by atoms with van der Waals surface area (Å²) in [7, 11) is 0. The standard InChI is InChI=1S/C21H19N3O/c1-14-20-18(24-21(22-14)23-17-10-6-3-7-11-17)12-16(13-19(20)25)15-8-4-2-5-9-15/h2-11,16H,12-13H2,1H3,(H,22,23,24)/t16-/m1/s1. The molecule has 2 aromatic carbocycles. The minimum absolute atomic E-state index is 0.138. The summed E-state index contributed by atoms with van der Waals surface area (Å²) in [5.74, 6) is 0.864. The molecule has 4 nitrogen and oxygen atoms in total. The largest absolute Gasteiger partial charge is 0.324 e. The number of fused-ring (bicyclic) bond motifs is 1. The smallest absolute Gasteiger partial charge is 0.227 e. The van der Waals surface area contributed by atoms with Crippen LogP contribution in [0.4, 0.5) is 11.6 Å². The molecule has 0 bridgehead atoms.